The lowest BCUT2D eigenvalue weighted by Crippen LogP contribution is -2.22. The summed E-state index contributed by atoms with van der Waals surface area (Å²) >= 11 is 12.0. The van der Waals surface area contributed by atoms with Crippen molar-refractivity contribution in [1.29, 1.82) is 0 Å². The summed E-state index contributed by atoms with van der Waals surface area (Å²) < 4.78 is 0. The van der Waals surface area contributed by atoms with Gasteiger partial charge in [0.05, 0.1) is 10.7 Å². The van der Waals surface area contributed by atoms with E-state index in [-0.39, 0.29) is 0 Å². The number of benzene rings is 1. The van der Waals surface area contributed by atoms with E-state index in [4.69, 9.17) is 23.2 Å². The van der Waals surface area contributed by atoms with Gasteiger partial charge in [-0.05, 0) is 38.2 Å². The fourth-order valence-electron chi connectivity index (χ4n) is 1.39. The van der Waals surface area contributed by atoms with Gasteiger partial charge in [-0.15, -0.1) is 0 Å². The van der Waals surface area contributed by atoms with Crippen LogP contribution in [0.2, 0.25) is 10.0 Å². The third kappa shape index (κ3) is 3.90. The van der Waals surface area contributed by atoms with Gasteiger partial charge in [0.25, 0.3) is 0 Å². The topological polar surface area (TPSA) is 15.3 Å². The third-order valence-corrected chi connectivity index (χ3v) is 2.79. The van der Waals surface area contributed by atoms with E-state index in [1.165, 1.54) is 0 Å². The maximum atomic E-state index is 6.09. The van der Waals surface area contributed by atoms with Crippen molar-refractivity contribution in [3.05, 3.63) is 28.2 Å². The first kappa shape index (κ1) is 12.6. The molecule has 0 aliphatic carbocycles. The maximum Gasteiger partial charge on any atom is 0.0640 e. The highest BCUT2D eigenvalue weighted by atomic mass is 35.5. The predicted molar refractivity (Wildman–Crippen MR) is 68.3 cm³/mol. The molecule has 0 aliphatic heterocycles. The highest BCUT2D eigenvalue weighted by molar-refractivity contribution is 6.35. The van der Waals surface area contributed by atoms with Crippen LogP contribution in [0.1, 0.15) is 6.42 Å². The number of anilines is 1. The lowest BCUT2D eigenvalue weighted by atomic mass is 10.3. The SMILES string of the molecule is CNCCCN(C)c1cc(Cl)ccc1Cl. The molecule has 1 aromatic carbocycles. The number of halogens is 2. The average Bonchev–Trinajstić information content (AvgIpc) is 2.22. The molecule has 0 fully saturated rings. The molecule has 0 aliphatic rings. The van der Waals surface area contributed by atoms with E-state index < -0.39 is 0 Å². The van der Waals surface area contributed by atoms with E-state index in [1.807, 2.05) is 26.2 Å². The van der Waals surface area contributed by atoms with Crippen LogP contribution < -0.4 is 10.2 Å². The Balaban J connectivity index is 2.64. The molecule has 0 heterocycles. The van der Waals surface area contributed by atoms with Gasteiger partial charge in [-0.3, -0.25) is 0 Å². The minimum Gasteiger partial charge on any atom is -0.373 e. The van der Waals surface area contributed by atoms with Crippen LogP contribution in [0.5, 0.6) is 0 Å². The lowest BCUT2D eigenvalue weighted by molar-refractivity contribution is 0.713. The first-order valence-electron chi connectivity index (χ1n) is 4.96. The minimum atomic E-state index is 0.717. The molecule has 0 spiro atoms. The van der Waals surface area contributed by atoms with Crippen LogP contribution in [-0.2, 0) is 0 Å². The largest absolute Gasteiger partial charge is 0.373 e. The van der Waals surface area contributed by atoms with Crippen LogP contribution >= 0.6 is 23.2 Å². The van der Waals surface area contributed by atoms with Gasteiger partial charge >= 0.3 is 0 Å². The molecule has 2 nitrogen and oxygen atoms in total. The number of hydrogen-bond acceptors (Lipinski definition) is 2. The minimum absolute atomic E-state index is 0.717. The molecular weight excluding hydrogens is 231 g/mol. The number of rotatable bonds is 5. The summed E-state index contributed by atoms with van der Waals surface area (Å²) in [6.45, 7) is 1.96. The second-order valence-corrected chi connectivity index (χ2v) is 4.32. The molecule has 0 atom stereocenters. The van der Waals surface area contributed by atoms with Crippen molar-refractivity contribution in [3.63, 3.8) is 0 Å². The van der Waals surface area contributed by atoms with E-state index in [0.29, 0.717) is 0 Å². The summed E-state index contributed by atoms with van der Waals surface area (Å²) in [5.74, 6) is 0. The Morgan fingerprint density at radius 3 is 2.73 bits per heavy atom. The van der Waals surface area contributed by atoms with Gasteiger partial charge in [0, 0.05) is 18.6 Å². The maximum absolute atomic E-state index is 6.09. The first-order chi connectivity index (χ1) is 7.15. The van der Waals surface area contributed by atoms with E-state index in [1.54, 1.807) is 6.07 Å². The van der Waals surface area contributed by atoms with E-state index in [9.17, 15) is 0 Å². The predicted octanol–water partition coefficient (Wildman–Crippen LogP) is 3.04. The summed E-state index contributed by atoms with van der Waals surface area (Å²) in [7, 11) is 3.97. The van der Waals surface area contributed by atoms with Gasteiger partial charge in [0.2, 0.25) is 0 Å². The molecule has 84 valence electrons. The molecule has 0 unspecified atom stereocenters. The van der Waals surface area contributed by atoms with Crippen LogP contribution in [0.15, 0.2) is 18.2 Å². The Morgan fingerprint density at radius 1 is 1.33 bits per heavy atom. The zero-order chi connectivity index (χ0) is 11.3. The van der Waals surface area contributed by atoms with Crippen molar-refractivity contribution in [2.24, 2.45) is 0 Å². The van der Waals surface area contributed by atoms with Crippen molar-refractivity contribution < 1.29 is 0 Å². The normalized spacial score (nSPS) is 10.4. The van der Waals surface area contributed by atoms with E-state index in [2.05, 4.69) is 10.2 Å². The van der Waals surface area contributed by atoms with E-state index >= 15 is 0 Å². The van der Waals surface area contributed by atoms with Crippen molar-refractivity contribution in [3.8, 4) is 0 Å². The second kappa shape index (κ2) is 6.21. The highest BCUT2D eigenvalue weighted by Gasteiger charge is 2.06. The molecule has 4 heteroatoms. The summed E-state index contributed by atoms with van der Waals surface area (Å²) in [5.41, 5.74) is 0.986. The van der Waals surface area contributed by atoms with Gasteiger partial charge in [0.15, 0.2) is 0 Å². The summed E-state index contributed by atoms with van der Waals surface area (Å²) in [6, 6.07) is 5.52. The number of nitrogens with one attached hydrogen (secondary N) is 1. The summed E-state index contributed by atoms with van der Waals surface area (Å²) in [6.07, 6.45) is 1.08. The van der Waals surface area contributed by atoms with Crippen LogP contribution in [-0.4, -0.2) is 27.2 Å². The van der Waals surface area contributed by atoms with Crippen molar-refractivity contribution in [1.82, 2.24) is 5.32 Å². The van der Waals surface area contributed by atoms with Gasteiger partial charge in [-0.25, -0.2) is 0 Å². The third-order valence-electron chi connectivity index (χ3n) is 2.24. The zero-order valence-electron chi connectivity index (χ0n) is 9.06. The van der Waals surface area contributed by atoms with Crippen LogP contribution in [0.4, 0.5) is 5.69 Å². The zero-order valence-corrected chi connectivity index (χ0v) is 10.6. The molecule has 0 saturated carbocycles. The first-order valence-corrected chi connectivity index (χ1v) is 5.71. The number of hydrogen-bond donors (Lipinski definition) is 1. The van der Waals surface area contributed by atoms with Gasteiger partial charge in [0.1, 0.15) is 0 Å². The van der Waals surface area contributed by atoms with Crippen LogP contribution in [0.25, 0.3) is 0 Å². The Bertz CT molecular complexity index is 315. The van der Waals surface area contributed by atoms with Crippen molar-refractivity contribution in [2.75, 3.05) is 32.1 Å². The Hall–Kier alpha value is -0.440. The summed E-state index contributed by atoms with van der Waals surface area (Å²) in [4.78, 5) is 2.12. The van der Waals surface area contributed by atoms with Gasteiger partial charge in [-0.2, -0.15) is 0 Å². The molecule has 0 saturated heterocycles. The quantitative estimate of drug-likeness (QED) is 0.804. The average molecular weight is 247 g/mol. The summed E-state index contributed by atoms with van der Waals surface area (Å²) in [5, 5.41) is 4.57. The smallest absolute Gasteiger partial charge is 0.0640 e. The standard InChI is InChI=1S/C11H16Cl2N2/c1-14-6-3-7-15(2)11-8-9(12)4-5-10(11)13/h4-5,8,14H,3,6-7H2,1-2H3. The van der Waals surface area contributed by atoms with Crippen molar-refractivity contribution in [2.45, 2.75) is 6.42 Å². The number of nitrogens with zero attached hydrogens (tertiary/aromatic N) is 1. The molecule has 1 N–H and O–H groups in total. The Morgan fingerprint density at radius 2 is 2.07 bits per heavy atom. The monoisotopic (exact) mass is 246 g/mol. The molecule has 0 amide bonds. The lowest BCUT2D eigenvalue weighted by Gasteiger charge is -2.20. The fourth-order valence-corrected chi connectivity index (χ4v) is 1.82. The molecule has 1 rings (SSSR count). The van der Waals surface area contributed by atoms with Gasteiger partial charge in [-0.1, -0.05) is 23.2 Å². The molecule has 0 bridgehead atoms. The van der Waals surface area contributed by atoms with Crippen LogP contribution in [0.3, 0.4) is 0 Å². The fraction of sp³-hybridized carbons (Fsp3) is 0.455. The molecular formula is C11H16Cl2N2. The van der Waals surface area contributed by atoms with Crippen molar-refractivity contribution >= 4 is 28.9 Å². The van der Waals surface area contributed by atoms with Crippen LogP contribution in [0, 0.1) is 0 Å². The molecule has 1 aromatic rings. The van der Waals surface area contributed by atoms with E-state index in [0.717, 1.165) is 35.2 Å². The second-order valence-electron chi connectivity index (χ2n) is 3.47. The highest BCUT2D eigenvalue weighted by Crippen LogP contribution is 2.28. The Kier molecular flexibility index (Phi) is 5.23. The molecule has 0 radical (unpaired) electrons. The van der Waals surface area contributed by atoms with Gasteiger partial charge < -0.3 is 10.2 Å². The molecule has 0 aromatic heterocycles. The molecule has 15 heavy (non-hydrogen) atoms. The Labute approximate surface area is 101 Å².